The summed E-state index contributed by atoms with van der Waals surface area (Å²) in [4.78, 5) is 4.88. The molecule has 1 aliphatic heterocycles. The summed E-state index contributed by atoms with van der Waals surface area (Å²) in [5.74, 6) is 1.81. The molecule has 1 heterocycles. The normalized spacial score (nSPS) is 17.1. The number of methoxy groups -OCH3 is 1. The van der Waals surface area contributed by atoms with Gasteiger partial charge in [-0.2, -0.15) is 0 Å². The second kappa shape index (κ2) is 6.35. The molecule has 0 saturated carbocycles. The smallest absolute Gasteiger partial charge is 0.119 e. The molecule has 2 heteroatoms. The molecule has 0 aliphatic carbocycles. The molecule has 1 atom stereocenters. The molecule has 0 radical (unpaired) electrons. The molecule has 0 unspecified atom stereocenters. The average Bonchev–Trinajstić information content (AvgIpc) is 2.55. The second-order valence-corrected chi connectivity index (χ2v) is 6.22. The van der Waals surface area contributed by atoms with Crippen molar-refractivity contribution in [3.8, 4) is 5.75 Å². The Labute approximate surface area is 132 Å². The average molecular weight is 293 g/mol. The van der Waals surface area contributed by atoms with E-state index in [4.69, 9.17) is 9.73 Å². The van der Waals surface area contributed by atoms with Gasteiger partial charge < -0.3 is 4.74 Å². The van der Waals surface area contributed by atoms with Gasteiger partial charge in [-0.15, -0.1) is 0 Å². The SMILES string of the molecule is COc1ccc2c(c1)[C@H](Cc1ccccc1)CN=C2C(C)C. The number of nitrogens with zero attached hydrogens (tertiary/aromatic N) is 1. The van der Waals surface area contributed by atoms with E-state index in [1.54, 1.807) is 7.11 Å². The maximum absolute atomic E-state index is 5.43. The number of benzene rings is 2. The Morgan fingerprint density at radius 3 is 2.59 bits per heavy atom. The van der Waals surface area contributed by atoms with Gasteiger partial charge in [0, 0.05) is 18.2 Å². The molecule has 0 saturated heterocycles. The number of rotatable bonds is 4. The monoisotopic (exact) mass is 293 g/mol. The molecule has 3 rings (SSSR count). The fraction of sp³-hybridized carbons (Fsp3) is 0.350. The van der Waals surface area contributed by atoms with Crippen LogP contribution in [0.2, 0.25) is 0 Å². The zero-order chi connectivity index (χ0) is 15.5. The topological polar surface area (TPSA) is 21.6 Å². The summed E-state index contributed by atoms with van der Waals surface area (Å²) >= 11 is 0. The molecule has 2 aromatic rings. The third-order valence-corrected chi connectivity index (χ3v) is 4.33. The zero-order valence-electron chi connectivity index (χ0n) is 13.5. The first-order chi connectivity index (χ1) is 10.7. The minimum atomic E-state index is 0.426. The van der Waals surface area contributed by atoms with Crippen molar-refractivity contribution in [1.82, 2.24) is 0 Å². The molecule has 2 nitrogen and oxygen atoms in total. The molecule has 2 aromatic carbocycles. The maximum atomic E-state index is 5.43. The summed E-state index contributed by atoms with van der Waals surface area (Å²) < 4.78 is 5.43. The van der Waals surface area contributed by atoms with Crippen LogP contribution in [0.1, 0.15) is 36.5 Å². The van der Waals surface area contributed by atoms with Crippen LogP contribution < -0.4 is 4.74 Å². The largest absolute Gasteiger partial charge is 0.497 e. The lowest BCUT2D eigenvalue weighted by Crippen LogP contribution is -2.22. The summed E-state index contributed by atoms with van der Waals surface area (Å²) in [5, 5.41) is 0. The molecule has 22 heavy (non-hydrogen) atoms. The predicted octanol–water partition coefficient (Wildman–Crippen LogP) is 4.48. The molecule has 0 amide bonds. The van der Waals surface area contributed by atoms with Crippen molar-refractivity contribution in [3.63, 3.8) is 0 Å². The van der Waals surface area contributed by atoms with Crippen molar-refractivity contribution in [1.29, 1.82) is 0 Å². The van der Waals surface area contributed by atoms with Crippen LogP contribution in [0.25, 0.3) is 0 Å². The van der Waals surface area contributed by atoms with Crippen LogP contribution >= 0.6 is 0 Å². The summed E-state index contributed by atoms with van der Waals surface area (Å²) in [5.41, 5.74) is 5.26. The van der Waals surface area contributed by atoms with Crippen LogP contribution in [-0.2, 0) is 6.42 Å². The molecule has 114 valence electrons. The number of fused-ring (bicyclic) bond motifs is 1. The lowest BCUT2D eigenvalue weighted by Gasteiger charge is -2.27. The zero-order valence-corrected chi connectivity index (χ0v) is 13.5. The van der Waals surface area contributed by atoms with Crippen molar-refractivity contribution in [2.45, 2.75) is 26.2 Å². The van der Waals surface area contributed by atoms with Gasteiger partial charge in [-0.3, -0.25) is 4.99 Å². The predicted molar refractivity (Wildman–Crippen MR) is 92.1 cm³/mol. The van der Waals surface area contributed by atoms with Crippen LogP contribution in [0.3, 0.4) is 0 Å². The number of hydrogen-bond donors (Lipinski definition) is 0. The van der Waals surface area contributed by atoms with Gasteiger partial charge in [0.2, 0.25) is 0 Å². The Kier molecular flexibility index (Phi) is 4.28. The van der Waals surface area contributed by atoms with Crippen molar-refractivity contribution in [2.75, 3.05) is 13.7 Å². The second-order valence-electron chi connectivity index (χ2n) is 6.22. The van der Waals surface area contributed by atoms with Gasteiger partial charge in [-0.1, -0.05) is 44.2 Å². The van der Waals surface area contributed by atoms with Gasteiger partial charge in [0.15, 0.2) is 0 Å². The first-order valence-corrected chi connectivity index (χ1v) is 7.95. The van der Waals surface area contributed by atoms with Crippen molar-refractivity contribution in [3.05, 3.63) is 65.2 Å². The van der Waals surface area contributed by atoms with Crippen LogP contribution in [-0.4, -0.2) is 19.4 Å². The minimum Gasteiger partial charge on any atom is -0.497 e. The Morgan fingerprint density at radius 2 is 1.91 bits per heavy atom. The lowest BCUT2D eigenvalue weighted by atomic mass is 9.82. The van der Waals surface area contributed by atoms with Gasteiger partial charge in [0.1, 0.15) is 5.75 Å². The highest BCUT2D eigenvalue weighted by molar-refractivity contribution is 6.04. The Bertz CT molecular complexity index is 673. The van der Waals surface area contributed by atoms with E-state index >= 15 is 0 Å². The van der Waals surface area contributed by atoms with E-state index in [9.17, 15) is 0 Å². The summed E-state index contributed by atoms with van der Waals surface area (Å²) in [6, 6.07) is 17.1. The molecular formula is C20H23NO. The molecule has 0 N–H and O–H groups in total. The van der Waals surface area contributed by atoms with Gasteiger partial charge in [0.05, 0.1) is 7.11 Å². The number of hydrogen-bond acceptors (Lipinski definition) is 2. The first-order valence-electron chi connectivity index (χ1n) is 7.95. The lowest BCUT2D eigenvalue weighted by molar-refractivity contribution is 0.413. The van der Waals surface area contributed by atoms with Gasteiger partial charge in [-0.05, 0) is 47.2 Å². The highest BCUT2D eigenvalue weighted by Gasteiger charge is 2.25. The minimum absolute atomic E-state index is 0.426. The Balaban J connectivity index is 1.98. The molecule has 0 aromatic heterocycles. The number of aliphatic imine (C=N–C) groups is 1. The maximum Gasteiger partial charge on any atom is 0.119 e. The van der Waals surface area contributed by atoms with E-state index < -0.39 is 0 Å². The standard InChI is InChI=1S/C20H23NO/c1-14(2)20-18-10-9-17(22-3)12-19(18)16(13-21-20)11-15-7-5-4-6-8-15/h4-10,12,14,16H,11,13H2,1-3H3/t16-/m1/s1. The van der Waals surface area contributed by atoms with Crippen LogP contribution in [0.15, 0.2) is 53.5 Å². The Morgan fingerprint density at radius 1 is 1.14 bits per heavy atom. The van der Waals surface area contributed by atoms with E-state index in [0.717, 1.165) is 18.7 Å². The van der Waals surface area contributed by atoms with Gasteiger partial charge >= 0.3 is 0 Å². The van der Waals surface area contributed by atoms with Gasteiger partial charge in [0.25, 0.3) is 0 Å². The molecule has 0 fully saturated rings. The van der Waals surface area contributed by atoms with E-state index in [0.29, 0.717) is 11.8 Å². The summed E-state index contributed by atoms with van der Waals surface area (Å²) in [7, 11) is 1.73. The first kappa shape index (κ1) is 14.8. The highest BCUT2D eigenvalue weighted by atomic mass is 16.5. The van der Waals surface area contributed by atoms with E-state index in [1.807, 2.05) is 6.07 Å². The third kappa shape index (κ3) is 2.92. The van der Waals surface area contributed by atoms with Crippen molar-refractivity contribution in [2.24, 2.45) is 10.9 Å². The van der Waals surface area contributed by atoms with Crippen LogP contribution in [0, 0.1) is 5.92 Å². The van der Waals surface area contributed by atoms with Crippen LogP contribution in [0.5, 0.6) is 5.75 Å². The van der Waals surface area contributed by atoms with E-state index in [1.165, 1.54) is 22.4 Å². The van der Waals surface area contributed by atoms with Crippen LogP contribution in [0.4, 0.5) is 0 Å². The molecule has 0 bridgehead atoms. The summed E-state index contributed by atoms with van der Waals surface area (Å²) in [6.07, 6.45) is 1.02. The molecular weight excluding hydrogens is 270 g/mol. The van der Waals surface area contributed by atoms with Crippen molar-refractivity contribution < 1.29 is 4.74 Å². The summed E-state index contributed by atoms with van der Waals surface area (Å²) in [6.45, 7) is 5.29. The van der Waals surface area contributed by atoms with Crippen molar-refractivity contribution >= 4 is 5.71 Å². The number of ether oxygens (including phenoxy) is 1. The highest BCUT2D eigenvalue weighted by Crippen LogP contribution is 2.33. The quantitative estimate of drug-likeness (QED) is 0.814. The van der Waals surface area contributed by atoms with E-state index in [-0.39, 0.29) is 0 Å². The Hall–Kier alpha value is -2.09. The molecule has 1 aliphatic rings. The van der Waals surface area contributed by atoms with Gasteiger partial charge in [-0.25, -0.2) is 0 Å². The fourth-order valence-corrected chi connectivity index (χ4v) is 3.20. The molecule has 0 spiro atoms. The fourth-order valence-electron chi connectivity index (χ4n) is 3.20. The third-order valence-electron chi connectivity index (χ3n) is 4.33. The van der Waals surface area contributed by atoms with E-state index in [2.05, 4.69) is 56.3 Å².